The van der Waals surface area contributed by atoms with Gasteiger partial charge in [0.15, 0.2) is 6.10 Å². The maximum atomic E-state index is 12.9. The van der Waals surface area contributed by atoms with Gasteiger partial charge in [0.2, 0.25) is 0 Å². The van der Waals surface area contributed by atoms with Gasteiger partial charge in [-0.2, -0.15) is 0 Å². The average molecular weight is 956 g/mol. The summed E-state index contributed by atoms with van der Waals surface area (Å²) in [6.07, 6.45) is 68.5. The highest BCUT2D eigenvalue weighted by Gasteiger charge is 2.19. The predicted molar refractivity (Wildman–Crippen MR) is 293 cm³/mol. The summed E-state index contributed by atoms with van der Waals surface area (Å²) in [5, 5.41) is 0. The zero-order chi connectivity index (χ0) is 49.3. The third-order valence-corrected chi connectivity index (χ3v) is 13.4. The molecule has 0 N–H and O–H groups in total. The van der Waals surface area contributed by atoms with E-state index < -0.39 is 6.10 Å². The van der Waals surface area contributed by atoms with Crippen molar-refractivity contribution in [1.29, 1.82) is 0 Å². The minimum atomic E-state index is -0.774. The maximum Gasteiger partial charge on any atom is 0.306 e. The molecule has 0 aromatic rings. The van der Waals surface area contributed by atoms with Gasteiger partial charge in [0, 0.05) is 19.3 Å². The molecule has 0 aromatic carbocycles. The second-order valence-electron chi connectivity index (χ2n) is 20.3. The second-order valence-corrected chi connectivity index (χ2v) is 20.3. The lowest BCUT2D eigenvalue weighted by Crippen LogP contribution is -2.30. The summed E-state index contributed by atoms with van der Waals surface area (Å²) in [4.78, 5) is 38.2. The molecule has 0 fully saturated rings. The van der Waals surface area contributed by atoms with E-state index in [-0.39, 0.29) is 31.1 Å². The summed E-state index contributed by atoms with van der Waals surface area (Å²) in [5.74, 6) is -0.866. The Bertz CT molecular complexity index is 1140. The molecule has 0 aliphatic heterocycles. The first-order valence-corrected chi connectivity index (χ1v) is 30.0. The van der Waals surface area contributed by atoms with Gasteiger partial charge in [-0.15, -0.1) is 0 Å². The van der Waals surface area contributed by atoms with Crippen molar-refractivity contribution in [3.05, 3.63) is 36.5 Å². The van der Waals surface area contributed by atoms with Crippen molar-refractivity contribution in [1.82, 2.24) is 0 Å². The molecule has 6 nitrogen and oxygen atoms in total. The van der Waals surface area contributed by atoms with Gasteiger partial charge in [-0.25, -0.2) is 0 Å². The molecule has 0 bridgehead atoms. The first-order chi connectivity index (χ1) is 33.5. The van der Waals surface area contributed by atoms with Gasteiger partial charge in [0.25, 0.3) is 0 Å². The second kappa shape index (κ2) is 57.2. The quantitative estimate of drug-likeness (QED) is 0.0199. The molecule has 0 amide bonds. The van der Waals surface area contributed by atoms with Gasteiger partial charge in [-0.3, -0.25) is 14.4 Å². The Morgan fingerprint density at radius 1 is 0.294 bits per heavy atom. The van der Waals surface area contributed by atoms with Crippen molar-refractivity contribution in [3.8, 4) is 0 Å². The Balaban J connectivity index is 4.30. The molecule has 398 valence electrons. The fourth-order valence-corrected chi connectivity index (χ4v) is 8.84. The molecule has 0 spiro atoms. The molecule has 1 unspecified atom stereocenters. The van der Waals surface area contributed by atoms with E-state index in [1.165, 1.54) is 218 Å². The van der Waals surface area contributed by atoms with E-state index in [2.05, 4.69) is 57.2 Å². The van der Waals surface area contributed by atoms with Crippen LogP contribution in [0.3, 0.4) is 0 Å². The van der Waals surface area contributed by atoms with Gasteiger partial charge >= 0.3 is 17.9 Å². The van der Waals surface area contributed by atoms with E-state index in [1.54, 1.807) is 0 Å². The van der Waals surface area contributed by atoms with Gasteiger partial charge in [0.1, 0.15) is 13.2 Å². The molecule has 0 rings (SSSR count). The molecular weight excluding hydrogens is 841 g/mol. The number of rotatable bonds is 55. The lowest BCUT2D eigenvalue weighted by Gasteiger charge is -2.18. The number of esters is 3. The summed E-state index contributed by atoms with van der Waals surface area (Å²) in [7, 11) is 0. The van der Waals surface area contributed by atoms with Crippen LogP contribution in [0.1, 0.15) is 323 Å². The minimum absolute atomic E-state index is 0.0729. The summed E-state index contributed by atoms with van der Waals surface area (Å²) >= 11 is 0. The molecule has 0 saturated carbocycles. The Labute approximate surface area is 423 Å². The van der Waals surface area contributed by atoms with Crippen LogP contribution in [0, 0.1) is 0 Å². The number of carbonyl (C=O) groups excluding carboxylic acids is 3. The van der Waals surface area contributed by atoms with E-state index in [0.717, 1.165) is 64.2 Å². The molecule has 0 aliphatic rings. The molecule has 1 atom stereocenters. The normalized spacial score (nSPS) is 12.2. The first-order valence-electron chi connectivity index (χ1n) is 30.0. The first kappa shape index (κ1) is 65.6. The fraction of sp³-hybridized carbons (Fsp3) is 0.855. The zero-order valence-electron chi connectivity index (χ0n) is 45.6. The van der Waals surface area contributed by atoms with Crippen molar-refractivity contribution in [2.75, 3.05) is 13.2 Å². The van der Waals surface area contributed by atoms with Gasteiger partial charge in [0.05, 0.1) is 0 Å². The van der Waals surface area contributed by atoms with Crippen LogP contribution in [0.5, 0.6) is 0 Å². The zero-order valence-corrected chi connectivity index (χ0v) is 45.6. The maximum absolute atomic E-state index is 12.9. The lowest BCUT2D eigenvalue weighted by atomic mass is 10.0. The number of allylic oxidation sites excluding steroid dienone is 6. The molecule has 0 saturated heterocycles. The van der Waals surface area contributed by atoms with E-state index in [1.807, 2.05) is 0 Å². The molecule has 0 heterocycles. The highest BCUT2D eigenvalue weighted by molar-refractivity contribution is 5.71. The largest absolute Gasteiger partial charge is 0.462 e. The predicted octanol–water partition coefficient (Wildman–Crippen LogP) is 20.0. The van der Waals surface area contributed by atoms with Crippen molar-refractivity contribution in [2.24, 2.45) is 0 Å². The van der Waals surface area contributed by atoms with Crippen molar-refractivity contribution < 1.29 is 28.6 Å². The third kappa shape index (κ3) is 54.6. The van der Waals surface area contributed by atoms with E-state index in [9.17, 15) is 14.4 Å². The van der Waals surface area contributed by atoms with Crippen LogP contribution in [0.25, 0.3) is 0 Å². The van der Waals surface area contributed by atoms with Crippen LogP contribution in [0.2, 0.25) is 0 Å². The van der Waals surface area contributed by atoms with Crippen molar-refractivity contribution >= 4 is 17.9 Å². The number of unbranched alkanes of at least 4 members (excludes halogenated alkanes) is 39. The van der Waals surface area contributed by atoms with Gasteiger partial charge in [-0.1, -0.05) is 269 Å². The topological polar surface area (TPSA) is 78.9 Å². The standard InChI is InChI=1S/C62H114O6/c1-4-7-10-13-16-19-22-25-27-29-31-33-35-37-40-43-46-49-52-55-61(64)67-58-59(57-66-60(63)54-51-48-45-42-39-24-21-18-15-12-9-6-3)68-62(65)56-53-50-47-44-41-38-36-34-32-30-28-26-23-20-17-14-11-8-5-2/h16,18-19,21-22,25,59H,4-15,17,20,23-24,26-58H2,1-3H3/b19-16-,21-18-,25-22-. The highest BCUT2D eigenvalue weighted by atomic mass is 16.6. The summed E-state index contributed by atoms with van der Waals surface area (Å²) < 4.78 is 16.9. The van der Waals surface area contributed by atoms with E-state index in [4.69, 9.17) is 14.2 Å². The average Bonchev–Trinajstić information content (AvgIpc) is 3.34. The lowest BCUT2D eigenvalue weighted by molar-refractivity contribution is -0.167. The smallest absolute Gasteiger partial charge is 0.306 e. The molecule has 0 aromatic heterocycles. The van der Waals surface area contributed by atoms with Crippen LogP contribution >= 0.6 is 0 Å². The van der Waals surface area contributed by atoms with Crippen LogP contribution in [0.4, 0.5) is 0 Å². The Morgan fingerprint density at radius 3 is 0.853 bits per heavy atom. The fourth-order valence-electron chi connectivity index (χ4n) is 8.84. The molecule has 6 heteroatoms. The van der Waals surface area contributed by atoms with Crippen LogP contribution in [-0.2, 0) is 28.6 Å². The SMILES string of the molecule is CCCCC/C=C\C=C/CCCCCCCCCCCCC(=O)OCC(COC(=O)CCCCCCC/C=C\CCCCC)OC(=O)CCCCCCCCCCCCCCCCCCCCC. The van der Waals surface area contributed by atoms with Crippen molar-refractivity contribution in [2.45, 2.75) is 329 Å². The Hall–Kier alpha value is -2.37. The molecule has 0 aliphatic carbocycles. The summed E-state index contributed by atoms with van der Waals surface area (Å²) in [6.45, 7) is 6.63. The van der Waals surface area contributed by atoms with Crippen LogP contribution in [-0.4, -0.2) is 37.2 Å². The van der Waals surface area contributed by atoms with E-state index in [0.29, 0.717) is 19.3 Å². The monoisotopic (exact) mass is 955 g/mol. The Kier molecular flexibility index (Phi) is 55.2. The number of carbonyl (C=O) groups is 3. The van der Waals surface area contributed by atoms with Gasteiger partial charge < -0.3 is 14.2 Å². The van der Waals surface area contributed by atoms with Crippen LogP contribution < -0.4 is 0 Å². The minimum Gasteiger partial charge on any atom is -0.462 e. The summed E-state index contributed by atoms with van der Waals surface area (Å²) in [6, 6.07) is 0. The van der Waals surface area contributed by atoms with Crippen LogP contribution in [0.15, 0.2) is 36.5 Å². The highest BCUT2D eigenvalue weighted by Crippen LogP contribution is 2.17. The number of ether oxygens (including phenoxy) is 3. The molecule has 68 heavy (non-hydrogen) atoms. The Morgan fingerprint density at radius 2 is 0.529 bits per heavy atom. The van der Waals surface area contributed by atoms with Gasteiger partial charge in [-0.05, 0) is 70.6 Å². The number of hydrogen-bond acceptors (Lipinski definition) is 6. The van der Waals surface area contributed by atoms with E-state index >= 15 is 0 Å². The number of hydrogen-bond donors (Lipinski definition) is 0. The molecule has 0 radical (unpaired) electrons. The summed E-state index contributed by atoms with van der Waals surface area (Å²) in [5.41, 5.74) is 0. The third-order valence-electron chi connectivity index (χ3n) is 13.4. The van der Waals surface area contributed by atoms with Crippen molar-refractivity contribution in [3.63, 3.8) is 0 Å². The molecular formula is C62H114O6.